The van der Waals surface area contributed by atoms with Crippen LogP contribution >= 0.6 is 0 Å². The van der Waals surface area contributed by atoms with Crippen LogP contribution < -0.4 is 20.3 Å². The summed E-state index contributed by atoms with van der Waals surface area (Å²) in [4.78, 5) is 0. The normalized spacial score (nSPS) is 13.0. The average molecular weight is 422 g/mol. The highest BCUT2D eigenvalue weighted by Crippen LogP contribution is 2.29. The first kappa shape index (κ1) is 20.4. The lowest BCUT2D eigenvalue weighted by atomic mass is 10.1. The van der Waals surface area contributed by atoms with E-state index in [-0.39, 0.29) is 4.66 Å². The Morgan fingerprint density at radius 3 is 1.73 bits per heavy atom. The van der Waals surface area contributed by atoms with Gasteiger partial charge in [0.1, 0.15) is 14.5 Å². The number of hydrogen-bond acceptors (Lipinski definition) is 1. The van der Waals surface area contributed by atoms with E-state index >= 15 is 0 Å². The summed E-state index contributed by atoms with van der Waals surface area (Å²) in [5.74, 6) is 0.916. The summed E-state index contributed by atoms with van der Waals surface area (Å²) in [6, 6.07) is 41.6. The quantitative estimate of drug-likeness (QED) is 0.413. The largest absolute Gasteiger partial charge is 0.497 e. The number of methoxy groups -OCH3 is 1. The van der Waals surface area contributed by atoms with Crippen LogP contribution in [0.4, 0.5) is 0 Å². The van der Waals surface area contributed by atoms with E-state index in [0.717, 1.165) is 5.75 Å². The van der Waals surface area contributed by atoms with Gasteiger partial charge in [0.05, 0.1) is 16.6 Å². The molecule has 30 heavy (non-hydrogen) atoms. The van der Waals surface area contributed by atoms with E-state index in [9.17, 15) is 0 Å². The zero-order chi connectivity index (χ0) is 20.8. The zero-order valence-electron chi connectivity index (χ0n) is 17.4. The summed E-state index contributed by atoms with van der Waals surface area (Å²) in [6.07, 6.45) is 0. The Bertz CT molecular complexity index is 1030. The molecular formula is C27H25OSi2. The monoisotopic (exact) mass is 421 g/mol. The van der Waals surface area contributed by atoms with Crippen molar-refractivity contribution in [3.63, 3.8) is 0 Å². The van der Waals surface area contributed by atoms with Gasteiger partial charge in [0.2, 0.25) is 0 Å². The lowest BCUT2D eigenvalue weighted by molar-refractivity contribution is 0.414. The van der Waals surface area contributed by atoms with Gasteiger partial charge >= 0.3 is 0 Å². The molecule has 0 aliphatic rings. The molecule has 3 radical (unpaired) electrons. The molecule has 0 bridgehead atoms. The van der Waals surface area contributed by atoms with Crippen LogP contribution in [0.5, 0.6) is 5.75 Å². The second-order valence-electron chi connectivity index (χ2n) is 7.46. The number of ether oxygens (including phenoxy) is 1. The maximum atomic E-state index is 5.61. The van der Waals surface area contributed by atoms with E-state index in [1.165, 1.54) is 21.1 Å². The van der Waals surface area contributed by atoms with Crippen LogP contribution in [0, 0.1) is 0 Å². The lowest BCUT2D eigenvalue weighted by Crippen LogP contribution is -2.61. The molecule has 0 saturated carbocycles. The zero-order valence-corrected chi connectivity index (χ0v) is 19.4. The highest BCUT2D eigenvalue weighted by Gasteiger charge is 2.40. The molecule has 0 aliphatic carbocycles. The Hall–Kier alpha value is -2.89. The molecular weight excluding hydrogens is 396 g/mol. The van der Waals surface area contributed by atoms with Crippen molar-refractivity contribution >= 4 is 33.9 Å². The third-order valence-corrected chi connectivity index (χ3v) is 11.1. The molecule has 4 aromatic carbocycles. The van der Waals surface area contributed by atoms with E-state index < -0.39 is 8.80 Å². The first-order chi connectivity index (χ1) is 14.7. The summed E-state index contributed by atoms with van der Waals surface area (Å²) in [5, 5.41) is 4.25. The van der Waals surface area contributed by atoms with Crippen LogP contribution in [-0.2, 0) is 4.66 Å². The molecule has 4 aromatic rings. The SMILES string of the molecule is COc1cccc(C(C)([Si]c2ccccc2)[Si](c2ccccc2)c2ccccc2)c1. The molecule has 1 nitrogen and oxygen atoms in total. The number of benzene rings is 4. The molecule has 3 heteroatoms. The highest BCUT2D eigenvalue weighted by atomic mass is 28.3. The van der Waals surface area contributed by atoms with Gasteiger partial charge in [0.15, 0.2) is 0 Å². The van der Waals surface area contributed by atoms with Gasteiger partial charge in [-0.05, 0) is 22.4 Å². The van der Waals surface area contributed by atoms with Gasteiger partial charge in [0, 0.05) is 0 Å². The third kappa shape index (κ3) is 4.32. The Kier molecular flexibility index (Phi) is 6.31. The van der Waals surface area contributed by atoms with Crippen molar-refractivity contribution in [1.82, 2.24) is 0 Å². The van der Waals surface area contributed by atoms with Crippen LogP contribution in [0.25, 0.3) is 0 Å². The maximum Gasteiger partial charge on any atom is 0.129 e. The molecule has 0 aliphatic heterocycles. The van der Waals surface area contributed by atoms with E-state index in [0.29, 0.717) is 9.52 Å². The van der Waals surface area contributed by atoms with Crippen molar-refractivity contribution in [3.05, 3.63) is 121 Å². The van der Waals surface area contributed by atoms with Crippen molar-refractivity contribution in [3.8, 4) is 5.75 Å². The van der Waals surface area contributed by atoms with Gasteiger partial charge in [-0.1, -0.05) is 126 Å². The minimum Gasteiger partial charge on any atom is -0.497 e. The van der Waals surface area contributed by atoms with Gasteiger partial charge < -0.3 is 4.74 Å². The fraction of sp³-hybridized carbons (Fsp3) is 0.111. The smallest absolute Gasteiger partial charge is 0.129 e. The molecule has 1 unspecified atom stereocenters. The predicted octanol–water partition coefficient (Wildman–Crippen LogP) is 3.79. The standard InChI is InChI=1S/C27H25OSi2/c1-27(29-24-15-6-3-7-16-24,22-13-12-14-23(21-22)28-2)30(25-17-8-4-9-18-25)26-19-10-5-11-20-26/h3-21H,1-2H3. The van der Waals surface area contributed by atoms with Crippen molar-refractivity contribution in [2.24, 2.45) is 0 Å². The van der Waals surface area contributed by atoms with Crippen LogP contribution in [0.15, 0.2) is 115 Å². The van der Waals surface area contributed by atoms with E-state index in [1.54, 1.807) is 7.11 Å². The van der Waals surface area contributed by atoms with Crippen molar-refractivity contribution in [1.29, 1.82) is 0 Å². The molecule has 4 rings (SSSR count). The molecule has 1 atom stereocenters. The van der Waals surface area contributed by atoms with E-state index in [2.05, 4.69) is 116 Å². The molecule has 0 fully saturated rings. The second-order valence-corrected chi connectivity index (χ2v) is 12.7. The van der Waals surface area contributed by atoms with Crippen LogP contribution in [-0.4, -0.2) is 25.4 Å². The summed E-state index contributed by atoms with van der Waals surface area (Å²) < 4.78 is 5.57. The summed E-state index contributed by atoms with van der Waals surface area (Å²) >= 11 is 0. The van der Waals surface area contributed by atoms with E-state index in [4.69, 9.17) is 4.74 Å². The van der Waals surface area contributed by atoms with Crippen LogP contribution in [0.3, 0.4) is 0 Å². The highest BCUT2D eigenvalue weighted by molar-refractivity contribution is 6.95. The third-order valence-electron chi connectivity index (χ3n) is 5.44. The van der Waals surface area contributed by atoms with E-state index in [1.807, 2.05) is 6.07 Å². The van der Waals surface area contributed by atoms with Gasteiger partial charge in [-0.25, -0.2) is 0 Å². The Labute approximate surface area is 183 Å². The average Bonchev–Trinajstić information content (AvgIpc) is 2.81. The predicted molar refractivity (Wildman–Crippen MR) is 130 cm³/mol. The van der Waals surface area contributed by atoms with Gasteiger partial charge in [-0.3, -0.25) is 0 Å². The first-order valence-electron chi connectivity index (χ1n) is 10.2. The minimum absolute atomic E-state index is 0.0384. The number of hydrogen-bond donors (Lipinski definition) is 0. The fourth-order valence-electron chi connectivity index (χ4n) is 3.98. The summed E-state index contributed by atoms with van der Waals surface area (Å²) in [6.45, 7) is 2.45. The summed E-state index contributed by atoms with van der Waals surface area (Å²) in [5.41, 5.74) is 1.34. The van der Waals surface area contributed by atoms with Crippen molar-refractivity contribution in [2.75, 3.05) is 7.11 Å². The summed E-state index contributed by atoms with van der Waals surface area (Å²) in [7, 11) is 1.24. The Morgan fingerprint density at radius 2 is 1.20 bits per heavy atom. The van der Waals surface area contributed by atoms with Crippen LogP contribution in [0.1, 0.15) is 12.5 Å². The van der Waals surface area contributed by atoms with Crippen LogP contribution in [0.2, 0.25) is 0 Å². The van der Waals surface area contributed by atoms with Gasteiger partial charge in [0.25, 0.3) is 0 Å². The molecule has 0 heterocycles. The Morgan fingerprint density at radius 1 is 0.667 bits per heavy atom. The van der Waals surface area contributed by atoms with Crippen molar-refractivity contribution < 1.29 is 4.74 Å². The number of rotatable bonds is 7. The van der Waals surface area contributed by atoms with Gasteiger partial charge in [-0.2, -0.15) is 0 Å². The first-order valence-corrected chi connectivity index (χ1v) is 12.7. The van der Waals surface area contributed by atoms with Crippen molar-refractivity contribution in [2.45, 2.75) is 11.6 Å². The maximum absolute atomic E-state index is 5.61. The molecule has 0 amide bonds. The minimum atomic E-state index is -1.15. The molecule has 147 valence electrons. The second kappa shape index (κ2) is 9.29. The molecule has 0 aromatic heterocycles. The Balaban J connectivity index is 1.93. The lowest BCUT2D eigenvalue weighted by Gasteiger charge is -2.38. The molecule has 0 spiro atoms. The molecule has 0 N–H and O–H groups in total. The topological polar surface area (TPSA) is 9.23 Å². The molecule has 0 saturated heterocycles. The van der Waals surface area contributed by atoms with Gasteiger partial charge in [-0.15, -0.1) is 0 Å². The fourth-order valence-corrected chi connectivity index (χ4v) is 10.00.